The second kappa shape index (κ2) is 56.5. The van der Waals surface area contributed by atoms with Crippen LogP contribution in [0, 0.1) is 31.2 Å². The van der Waals surface area contributed by atoms with Crippen molar-refractivity contribution >= 4 is 43.1 Å². The molecule has 0 aliphatic carbocycles. The van der Waals surface area contributed by atoms with Gasteiger partial charge in [-0.3, -0.25) is 39.9 Å². The summed E-state index contributed by atoms with van der Waals surface area (Å²) in [6.45, 7) is 15.2. The van der Waals surface area contributed by atoms with E-state index in [2.05, 4.69) is 189 Å². The van der Waals surface area contributed by atoms with Crippen LogP contribution in [0.15, 0.2) is 334 Å². The molecule has 18 aromatic rings. The summed E-state index contributed by atoms with van der Waals surface area (Å²) in [4.78, 5) is 53.8. The Morgan fingerprint density at radius 3 is 1.14 bits per heavy atom. The summed E-state index contributed by atoms with van der Waals surface area (Å²) >= 11 is 0. The number of aliphatic hydroxyl groups excluding tert-OH is 8. The Kier molecular flexibility index (Phi) is 46.0. The maximum atomic E-state index is 8.56. The molecular formula is C109H106Ir4N12O8-4. The fraction of sp³-hybridized carbons (Fsp3) is 0.193. The van der Waals surface area contributed by atoms with E-state index in [0.717, 1.165) is 93.7 Å². The van der Waals surface area contributed by atoms with E-state index < -0.39 is 0 Å². The molecule has 8 N–H and O–H groups in total. The van der Waals surface area contributed by atoms with Crippen molar-refractivity contribution in [3.8, 4) is 113 Å². The number of hydrogen-bond acceptors (Lipinski definition) is 20. The number of rotatable bonds is 18. The SMILES string of the molecule is CC(O)CC(C)O.CC(O)CC(C)O.CC(O)CC(C)O.CC(O)CC(C)O.Cc1nc(-c2[c-]cccc2)nc(-c2ccccc2)n1.[Ir].[Ir].[Ir].[Ir].[c-]1cc2ccccc2cc1-c1ncnc(-c2ccc3ccccc3c2)n1.[c-]1ccc(-c2ccccc2)cc1-c1ncnc(-c2cccc(-c3ccccc3)c2)n1.[c-]1ccc2ccccc2c1-c1ncnc(-c2cccc3ccccc23)n1. The summed E-state index contributed by atoms with van der Waals surface area (Å²) in [7, 11) is 0. The summed E-state index contributed by atoms with van der Waals surface area (Å²) in [5.41, 5.74) is 12.0. The van der Waals surface area contributed by atoms with Crippen LogP contribution in [0.4, 0.5) is 0 Å². The molecule has 0 spiro atoms. The predicted molar refractivity (Wildman–Crippen MR) is 516 cm³/mol. The number of fused-ring (bicyclic) bond motifs is 4. The molecule has 4 heterocycles. The minimum Gasteiger partial charge on any atom is -0.393 e. The molecule has 24 heteroatoms. The van der Waals surface area contributed by atoms with Crippen LogP contribution in [0.2, 0.25) is 0 Å². The summed E-state index contributed by atoms with van der Waals surface area (Å²) < 4.78 is 0. The molecule has 4 aromatic heterocycles. The largest absolute Gasteiger partial charge is 0.393 e. The van der Waals surface area contributed by atoms with Gasteiger partial charge in [-0.2, -0.15) is 0 Å². The zero-order chi connectivity index (χ0) is 91.4. The standard InChI is InChI=1S/C27H18N3.2C23H14N3.C16H12N3.4C5H12O2.4Ir/c1-3-9-20(10-4-1)22-13-7-15-24(17-22)26-28-19-29-27(30-26)25-16-8-14-23(18-25)21-11-5-2-6-12-21;1-3-11-18-16(7-1)9-5-13-20(18)22-24-15-25-23(26-22)21-14-6-10-17-8-2-4-12-19(17)21;1-3-7-18-13-20(11-9-16(18)5-1)22-24-15-25-23(26-22)21-12-10-17-6-2-4-8-19(17)14-21;1-12-17-15(13-8-4-2-5-9-13)19-16(18-12)14-10-6-3-7-11-14;4*1-4(6)3-5(2)7;;;;/h1-15,17-19H;1-13,15H;1-11,13-15H;2-10H,1H3;4*4-7H,3H2,1-2H3;;;;/q4*-1;;;;;;;;. The van der Waals surface area contributed by atoms with Gasteiger partial charge in [0.05, 0.1) is 72.1 Å². The first-order valence-corrected chi connectivity index (χ1v) is 42.8. The first-order valence-electron chi connectivity index (χ1n) is 42.8. The summed E-state index contributed by atoms with van der Waals surface area (Å²) in [5.74, 6) is 5.94. The van der Waals surface area contributed by atoms with Crippen molar-refractivity contribution in [3.63, 3.8) is 0 Å². The fourth-order valence-corrected chi connectivity index (χ4v) is 13.7. The molecule has 20 nitrogen and oxygen atoms in total. The van der Waals surface area contributed by atoms with Crippen LogP contribution in [0.3, 0.4) is 0 Å². The molecule has 4 radical (unpaired) electrons. The van der Waals surface area contributed by atoms with Crippen molar-refractivity contribution in [2.45, 2.75) is 137 Å². The van der Waals surface area contributed by atoms with E-state index in [-0.39, 0.29) is 129 Å². The van der Waals surface area contributed by atoms with Gasteiger partial charge in [0.2, 0.25) is 0 Å². The van der Waals surface area contributed by atoms with E-state index >= 15 is 0 Å². The third kappa shape index (κ3) is 34.8. The quantitative estimate of drug-likeness (QED) is 0.0370. The van der Waals surface area contributed by atoms with E-state index in [1.165, 1.54) is 16.2 Å². The second-order valence-electron chi connectivity index (χ2n) is 31.1. The minimum atomic E-state index is -0.375. The first-order chi connectivity index (χ1) is 62.5. The summed E-state index contributed by atoms with van der Waals surface area (Å²) in [6, 6.07) is 119. The van der Waals surface area contributed by atoms with Crippen LogP contribution in [0.1, 0.15) is 86.9 Å². The monoisotopic (exact) mass is 2480 g/mol. The molecular weight excluding hydrogens is 2370 g/mol. The maximum Gasteiger partial charge on any atom is 0.154 e. The predicted octanol–water partition coefficient (Wildman–Crippen LogP) is 20.8. The molecule has 18 rings (SSSR count). The summed E-state index contributed by atoms with van der Waals surface area (Å²) in [6.07, 6.45) is 3.60. The molecule has 0 aliphatic rings. The van der Waals surface area contributed by atoms with Gasteiger partial charge in [0, 0.05) is 103 Å². The topological polar surface area (TPSA) is 317 Å². The molecule has 0 fully saturated rings. The molecule has 133 heavy (non-hydrogen) atoms. The number of aliphatic hydroxyl groups is 8. The molecule has 8 atom stereocenters. The third-order valence-corrected chi connectivity index (χ3v) is 19.5. The average molecular weight is 2480 g/mol. The van der Waals surface area contributed by atoms with Crippen LogP contribution >= 0.6 is 0 Å². The fourth-order valence-electron chi connectivity index (χ4n) is 13.7. The molecule has 8 unspecified atom stereocenters. The van der Waals surface area contributed by atoms with Crippen LogP contribution < -0.4 is 0 Å². The van der Waals surface area contributed by atoms with Crippen molar-refractivity contribution in [2.75, 3.05) is 0 Å². The van der Waals surface area contributed by atoms with Gasteiger partial charge in [0.15, 0.2) is 23.3 Å². The van der Waals surface area contributed by atoms with Gasteiger partial charge in [-0.15, -0.1) is 124 Å². The van der Waals surface area contributed by atoms with Gasteiger partial charge in [0.1, 0.15) is 24.8 Å². The number of aryl methyl sites for hydroxylation is 1. The Bertz CT molecular complexity index is 6060. The Morgan fingerprint density at radius 2 is 0.609 bits per heavy atom. The number of hydrogen-bond donors (Lipinski definition) is 8. The van der Waals surface area contributed by atoms with Crippen molar-refractivity contribution in [1.82, 2.24) is 59.8 Å². The van der Waals surface area contributed by atoms with Crippen molar-refractivity contribution < 1.29 is 121 Å². The molecule has 14 aromatic carbocycles. The van der Waals surface area contributed by atoms with E-state index in [1.54, 1.807) is 74.4 Å². The summed E-state index contributed by atoms with van der Waals surface area (Å²) in [5, 5.41) is 77.7. The Labute approximate surface area is 832 Å². The van der Waals surface area contributed by atoms with Gasteiger partial charge in [-0.1, -0.05) is 253 Å². The normalized spacial score (nSPS) is 12.2. The first kappa shape index (κ1) is 108. The van der Waals surface area contributed by atoms with Crippen LogP contribution in [-0.2, 0) is 80.4 Å². The third-order valence-electron chi connectivity index (χ3n) is 19.5. The van der Waals surface area contributed by atoms with Crippen LogP contribution in [0.25, 0.3) is 156 Å². The second-order valence-corrected chi connectivity index (χ2v) is 31.1. The van der Waals surface area contributed by atoms with E-state index in [4.69, 9.17) is 50.8 Å². The minimum absolute atomic E-state index is 0. The smallest absolute Gasteiger partial charge is 0.154 e. The van der Waals surface area contributed by atoms with Crippen LogP contribution in [-0.4, -0.2) is 149 Å². The van der Waals surface area contributed by atoms with Gasteiger partial charge < -0.3 is 40.9 Å². The van der Waals surface area contributed by atoms with Gasteiger partial charge in [-0.25, -0.2) is 19.9 Å². The zero-order valence-electron chi connectivity index (χ0n) is 75.0. The Morgan fingerprint density at radius 1 is 0.233 bits per heavy atom. The van der Waals surface area contributed by atoms with Crippen molar-refractivity contribution in [1.29, 1.82) is 0 Å². The van der Waals surface area contributed by atoms with Gasteiger partial charge in [-0.05, 0) is 138 Å². The average Bonchev–Trinajstić information content (AvgIpc) is 0.775. The van der Waals surface area contributed by atoms with E-state index in [1.807, 2.05) is 207 Å². The number of benzene rings is 14. The zero-order valence-corrected chi connectivity index (χ0v) is 84.6. The Hall–Kier alpha value is -11.6. The van der Waals surface area contributed by atoms with Crippen molar-refractivity contribution in [3.05, 3.63) is 365 Å². The molecule has 0 saturated carbocycles. The number of aromatic nitrogens is 12. The van der Waals surface area contributed by atoms with Crippen LogP contribution in [0.5, 0.6) is 0 Å². The van der Waals surface area contributed by atoms with Gasteiger partial charge in [0.25, 0.3) is 0 Å². The molecule has 0 amide bonds. The van der Waals surface area contributed by atoms with E-state index in [0.29, 0.717) is 78.1 Å². The van der Waals surface area contributed by atoms with Crippen molar-refractivity contribution in [2.24, 2.45) is 0 Å². The van der Waals surface area contributed by atoms with E-state index in [9.17, 15) is 0 Å². The Balaban J connectivity index is 0.000000220. The molecule has 690 valence electrons. The van der Waals surface area contributed by atoms with Gasteiger partial charge >= 0.3 is 0 Å². The number of nitrogens with zero attached hydrogens (tertiary/aromatic N) is 12. The molecule has 0 saturated heterocycles. The molecule has 0 bridgehead atoms. The maximum absolute atomic E-state index is 8.56. The molecule has 0 aliphatic heterocycles.